The van der Waals surface area contributed by atoms with E-state index in [0.717, 1.165) is 23.8 Å². The van der Waals surface area contributed by atoms with Crippen molar-refractivity contribution >= 4 is 22.4 Å². The van der Waals surface area contributed by atoms with E-state index in [9.17, 15) is 18.0 Å². The first-order valence-corrected chi connectivity index (χ1v) is 9.46. The zero-order chi connectivity index (χ0) is 19.4. The van der Waals surface area contributed by atoms with Crippen LogP contribution in [0.1, 0.15) is 22.5 Å². The third kappa shape index (κ3) is 5.35. The van der Waals surface area contributed by atoms with Crippen LogP contribution in [0.3, 0.4) is 0 Å². The van der Waals surface area contributed by atoms with E-state index in [1.54, 1.807) is 16.2 Å². The van der Waals surface area contributed by atoms with Crippen molar-refractivity contribution in [3.8, 4) is 5.75 Å². The SMILES string of the molecule is Cc1csc(N2CCCN(C(=O)c3ccc(OCC(F)(F)F)cc3)CC2)n1. The van der Waals surface area contributed by atoms with Crippen molar-refractivity contribution in [1.29, 1.82) is 0 Å². The summed E-state index contributed by atoms with van der Waals surface area (Å²) in [6.45, 7) is 3.34. The molecule has 0 atom stereocenters. The van der Waals surface area contributed by atoms with Crippen LogP contribution in [0, 0.1) is 6.92 Å². The number of aromatic nitrogens is 1. The van der Waals surface area contributed by atoms with E-state index >= 15 is 0 Å². The summed E-state index contributed by atoms with van der Waals surface area (Å²) in [7, 11) is 0. The minimum atomic E-state index is -4.39. The van der Waals surface area contributed by atoms with Gasteiger partial charge in [-0.1, -0.05) is 0 Å². The van der Waals surface area contributed by atoms with Crippen molar-refractivity contribution < 1.29 is 22.7 Å². The number of ether oxygens (including phenoxy) is 1. The Balaban J connectivity index is 1.59. The van der Waals surface area contributed by atoms with Crippen LogP contribution in [0.2, 0.25) is 0 Å². The molecule has 1 aromatic heterocycles. The molecule has 0 radical (unpaired) electrons. The molecule has 27 heavy (non-hydrogen) atoms. The summed E-state index contributed by atoms with van der Waals surface area (Å²) in [4.78, 5) is 21.1. The number of thiazole rings is 1. The molecule has 1 aliphatic heterocycles. The molecule has 2 heterocycles. The number of anilines is 1. The number of aryl methyl sites for hydroxylation is 1. The maximum atomic E-state index is 12.7. The van der Waals surface area contributed by atoms with Crippen LogP contribution in [0.15, 0.2) is 29.6 Å². The van der Waals surface area contributed by atoms with Crippen LogP contribution in [0.4, 0.5) is 18.3 Å². The number of benzene rings is 1. The molecule has 5 nitrogen and oxygen atoms in total. The number of hydrogen-bond donors (Lipinski definition) is 0. The minimum Gasteiger partial charge on any atom is -0.484 e. The maximum absolute atomic E-state index is 12.7. The van der Waals surface area contributed by atoms with Crippen molar-refractivity contribution in [2.75, 3.05) is 37.7 Å². The quantitative estimate of drug-likeness (QED) is 0.786. The van der Waals surface area contributed by atoms with Gasteiger partial charge in [-0.2, -0.15) is 13.2 Å². The van der Waals surface area contributed by atoms with Gasteiger partial charge in [0, 0.05) is 37.1 Å². The van der Waals surface area contributed by atoms with E-state index in [1.807, 2.05) is 12.3 Å². The number of hydrogen-bond acceptors (Lipinski definition) is 5. The van der Waals surface area contributed by atoms with Crippen LogP contribution in [0.25, 0.3) is 0 Å². The summed E-state index contributed by atoms with van der Waals surface area (Å²) < 4.78 is 41.3. The molecule has 0 N–H and O–H groups in total. The highest BCUT2D eigenvalue weighted by atomic mass is 32.1. The Morgan fingerprint density at radius 1 is 1.19 bits per heavy atom. The molecular weight excluding hydrogens is 379 g/mol. The first kappa shape index (κ1) is 19.5. The van der Waals surface area contributed by atoms with Gasteiger partial charge in [0.25, 0.3) is 5.91 Å². The molecule has 1 fully saturated rings. The maximum Gasteiger partial charge on any atom is 0.422 e. The molecule has 0 bridgehead atoms. The Morgan fingerprint density at radius 2 is 1.93 bits per heavy atom. The number of carbonyl (C=O) groups is 1. The minimum absolute atomic E-state index is 0.0880. The summed E-state index contributed by atoms with van der Waals surface area (Å²) in [5.74, 6) is -0.0420. The van der Waals surface area contributed by atoms with Gasteiger partial charge in [-0.05, 0) is 37.6 Å². The molecule has 1 amide bonds. The molecule has 9 heteroatoms. The van der Waals surface area contributed by atoms with Crippen molar-refractivity contribution in [3.05, 3.63) is 40.9 Å². The van der Waals surface area contributed by atoms with Crippen molar-refractivity contribution in [3.63, 3.8) is 0 Å². The zero-order valence-corrected chi connectivity index (χ0v) is 15.6. The number of carbonyl (C=O) groups excluding carboxylic acids is 1. The molecule has 0 saturated carbocycles. The monoisotopic (exact) mass is 399 g/mol. The van der Waals surface area contributed by atoms with Gasteiger partial charge in [0.2, 0.25) is 0 Å². The first-order valence-electron chi connectivity index (χ1n) is 8.58. The van der Waals surface area contributed by atoms with E-state index in [4.69, 9.17) is 0 Å². The molecule has 0 spiro atoms. The Hall–Kier alpha value is -2.29. The Labute approximate surface area is 159 Å². The smallest absolute Gasteiger partial charge is 0.422 e. The second-order valence-corrected chi connectivity index (χ2v) is 7.17. The van der Waals surface area contributed by atoms with Crippen LogP contribution in [-0.2, 0) is 0 Å². The van der Waals surface area contributed by atoms with Gasteiger partial charge < -0.3 is 14.5 Å². The molecule has 146 valence electrons. The van der Waals surface area contributed by atoms with Crippen molar-refractivity contribution in [1.82, 2.24) is 9.88 Å². The summed E-state index contributed by atoms with van der Waals surface area (Å²) in [5, 5.41) is 2.97. The van der Waals surface area contributed by atoms with Gasteiger partial charge in [-0.15, -0.1) is 11.3 Å². The van der Waals surface area contributed by atoms with Crippen LogP contribution >= 0.6 is 11.3 Å². The average Bonchev–Trinajstić information content (AvgIpc) is 2.91. The van der Waals surface area contributed by atoms with E-state index in [-0.39, 0.29) is 11.7 Å². The lowest BCUT2D eigenvalue weighted by molar-refractivity contribution is -0.153. The van der Waals surface area contributed by atoms with Crippen molar-refractivity contribution in [2.24, 2.45) is 0 Å². The van der Waals surface area contributed by atoms with Crippen molar-refractivity contribution in [2.45, 2.75) is 19.5 Å². The molecule has 1 saturated heterocycles. The standard InChI is InChI=1S/C18H20F3N3O2S/c1-13-11-27-17(22-13)24-8-2-7-23(9-10-24)16(25)14-3-5-15(6-4-14)26-12-18(19,20)21/h3-6,11H,2,7-10,12H2,1H3. The van der Waals surface area contributed by atoms with Gasteiger partial charge in [0.15, 0.2) is 11.7 Å². The molecule has 3 rings (SSSR count). The number of amides is 1. The largest absolute Gasteiger partial charge is 0.484 e. The first-order chi connectivity index (χ1) is 12.8. The lowest BCUT2D eigenvalue weighted by Crippen LogP contribution is -2.35. The fraction of sp³-hybridized carbons (Fsp3) is 0.444. The molecule has 1 aliphatic rings. The summed E-state index contributed by atoms with van der Waals surface area (Å²) in [5.41, 5.74) is 1.42. The number of rotatable bonds is 4. The van der Waals surface area contributed by atoms with Gasteiger partial charge in [-0.25, -0.2) is 4.98 Å². The molecule has 1 aromatic carbocycles. The van der Waals surface area contributed by atoms with E-state index in [2.05, 4.69) is 14.6 Å². The lowest BCUT2D eigenvalue weighted by atomic mass is 10.2. The van der Waals surface area contributed by atoms with Gasteiger partial charge in [-0.3, -0.25) is 4.79 Å². The highest BCUT2D eigenvalue weighted by Gasteiger charge is 2.28. The fourth-order valence-corrected chi connectivity index (χ4v) is 3.70. The van der Waals surface area contributed by atoms with E-state index in [0.29, 0.717) is 25.2 Å². The normalized spacial score (nSPS) is 15.6. The highest BCUT2D eigenvalue weighted by molar-refractivity contribution is 7.13. The van der Waals surface area contributed by atoms with Crippen LogP contribution < -0.4 is 9.64 Å². The van der Waals surface area contributed by atoms with Crippen LogP contribution in [-0.4, -0.2) is 54.8 Å². The predicted octanol–water partition coefficient (Wildman–Crippen LogP) is 3.75. The van der Waals surface area contributed by atoms with Gasteiger partial charge >= 0.3 is 6.18 Å². The number of nitrogens with zero attached hydrogens (tertiary/aromatic N) is 3. The second kappa shape index (κ2) is 8.16. The molecule has 0 aliphatic carbocycles. The zero-order valence-electron chi connectivity index (χ0n) is 14.8. The van der Waals surface area contributed by atoms with Crippen LogP contribution in [0.5, 0.6) is 5.75 Å². The second-order valence-electron chi connectivity index (χ2n) is 6.33. The number of halogens is 3. The topological polar surface area (TPSA) is 45.7 Å². The lowest BCUT2D eigenvalue weighted by Gasteiger charge is -2.22. The van der Waals surface area contributed by atoms with E-state index in [1.165, 1.54) is 24.3 Å². The third-order valence-corrected chi connectivity index (χ3v) is 5.18. The molecule has 2 aromatic rings. The van der Waals surface area contributed by atoms with E-state index < -0.39 is 12.8 Å². The Bertz CT molecular complexity index is 777. The van der Waals surface area contributed by atoms with Gasteiger partial charge in [0.05, 0.1) is 5.69 Å². The molecular formula is C18H20F3N3O2S. The molecule has 0 unspecified atom stereocenters. The fourth-order valence-electron chi connectivity index (χ4n) is 2.84. The number of alkyl halides is 3. The summed E-state index contributed by atoms with van der Waals surface area (Å²) >= 11 is 1.60. The Kier molecular flexibility index (Phi) is 5.88. The predicted molar refractivity (Wildman–Crippen MR) is 97.6 cm³/mol. The average molecular weight is 399 g/mol. The highest BCUT2D eigenvalue weighted by Crippen LogP contribution is 2.23. The summed E-state index contributed by atoms with van der Waals surface area (Å²) in [6.07, 6.45) is -3.56. The summed E-state index contributed by atoms with van der Waals surface area (Å²) in [6, 6.07) is 5.78. The Morgan fingerprint density at radius 3 is 2.56 bits per heavy atom. The third-order valence-electron chi connectivity index (χ3n) is 4.16. The van der Waals surface area contributed by atoms with Gasteiger partial charge in [0.1, 0.15) is 5.75 Å².